The second-order valence-electron chi connectivity index (χ2n) is 2.00. The zero-order valence-corrected chi connectivity index (χ0v) is 4.92. The topological polar surface area (TPSA) is 32.7 Å². The van der Waals surface area contributed by atoms with E-state index in [1.165, 1.54) is 0 Å². The Labute approximate surface area is 48.9 Å². The minimum atomic E-state index is 0.170. The van der Waals surface area contributed by atoms with E-state index in [1.807, 2.05) is 11.9 Å². The first-order chi connectivity index (χ1) is 3.79. The molecule has 0 unspecified atom stereocenters. The highest BCUT2D eigenvalue weighted by molar-refractivity contribution is 4.67. The third kappa shape index (κ3) is 1.43. The maximum Gasteiger partial charge on any atom is 0.223 e. The van der Waals surface area contributed by atoms with E-state index in [2.05, 4.69) is 0 Å². The Morgan fingerprint density at radius 1 is 1.75 bits per heavy atom. The van der Waals surface area contributed by atoms with Crippen molar-refractivity contribution >= 4 is 0 Å². The highest BCUT2D eigenvalue weighted by Gasteiger charge is 2.14. The van der Waals surface area contributed by atoms with Crippen LogP contribution in [0.5, 0.6) is 0 Å². The van der Waals surface area contributed by atoms with Gasteiger partial charge < -0.3 is 9.84 Å². The van der Waals surface area contributed by atoms with E-state index in [1.54, 1.807) is 0 Å². The lowest BCUT2D eigenvalue weighted by atomic mass is 10.4. The molecule has 0 amide bonds. The molecule has 8 heavy (non-hydrogen) atoms. The van der Waals surface area contributed by atoms with Crippen molar-refractivity contribution in [1.82, 2.24) is 4.90 Å². The van der Waals surface area contributed by atoms with Gasteiger partial charge >= 0.3 is 0 Å². The van der Waals surface area contributed by atoms with Gasteiger partial charge in [-0.15, -0.1) is 0 Å². The molecule has 0 bridgehead atoms. The molecule has 0 aromatic rings. The molecule has 1 radical (unpaired) electrons. The van der Waals surface area contributed by atoms with Crippen molar-refractivity contribution in [3.8, 4) is 0 Å². The molecule has 0 saturated carbocycles. The second-order valence-corrected chi connectivity index (χ2v) is 2.00. The minimum absolute atomic E-state index is 0.170. The summed E-state index contributed by atoms with van der Waals surface area (Å²) in [5.41, 5.74) is 0. The van der Waals surface area contributed by atoms with Crippen LogP contribution in [0.15, 0.2) is 0 Å². The summed E-state index contributed by atoms with van der Waals surface area (Å²) in [5, 5.41) is 8.69. The molecule has 3 nitrogen and oxygen atoms in total. The molecular weight excluding hydrogens is 106 g/mol. The van der Waals surface area contributed by atoms with Gasteiger partial charge in [0.05, 0.1) is 0 Å². The molecule has 47 valence electrons. The fourth-order valence-corrected chi connectivity index (χ4v) is 0.608. The minimum Gasteiger partial charge on any atom is -0.361 e. The first-order valence-electron chi connectivity index (χ1n) is 2.65. The monoisotopic (exact) mass is 116 g/mol. The molecule has 1 rings (SSSR count). The van der Waals surface area contributed by atoms with Crippen molar-refractivity contribution in [3.05, 3.63) is 6.29 Å². The standard InChI is InChI=1S/C5H10NO2/c1-6-3-2-5(7)8-4-6/h7H,2-4H2,1H3. The van der Waals surface area contributed by atoms with Gasteiger partial charge in [-0.25, -0.2) is 0 Å². The molecule has 3 heteroatoms. The Kier molecular flexibility index (Phi) is 1.83. The zero-order chi connectivity index (χ0) is 5.98. The number of hydrogen-bond donors (Lipinski definition) is 1. The summed E-state index contributed by atoms with van der Waals surface area (Å²) in [5.74, 6) is 0. The SMILES string of the molecule is CN1CC[C](O)OC1. The van der Waals surface area contributed by atoms with Crippen LogP contribution >= 0.6 is 0 Å². The van der Waals surface area contributed by atoms with Crippen LogP contribution in [0.4, 0.5) is 0 Å². The van der Waals surface area contributed by atoms with E-state index in [-0.39, 0.29) is 6.29 Å². The van der Waals surface area contributed by atoms with Crippen molar-refractivity contribution in [1.29, 1.82) is 0 Å². The summed E-state index contributed by atoms with van der Waals surface area (Å²) < 4.78 is 4.79. The molecule has 0 aliphatic carbocycles. The molecule has 1 N–H and O–H groups in total. The first-order valence-corrected chi connectivity index (χ1v) is 2.65. The molecule has 1 aliphatic heterocycles. The zero-order valence-electron chi connectivity index (χ0n) is 4.92. The maximum absolute atomic E-state index is 8.69. The van der Waals surface area contributed by atoms with Crippen LogP contribution in [0.1, 0.15) is 6.42 Å². The maximum atomic E-state index is 8.69. The first kappa shape index (κ1) is 6.01. The lowest BCUT2D eigenvalue weighted by molar-refractivity contribution is -0.0794. The van der Waals surface area contributed by atoms with Gasteiger partial charge in [0.2, 0.25) is 6.29 Å². The molecule has 1 aliphatic rings. The van der Waals surface area contributed by atoms with Gasteiger partial charge in [0.15, 0.2) is 0 Å². The van der Waals surface area contributed by atoms with Gasteiger partial charge in [-0.1, -0.05) is 0 Å². The van der Waals surface area contributed by atoms with Gasteiger partial charge in [-0.2, -0.15) is 0 Å². The number of aliphatic hydroxyl groups excluding tert-OH is 1. The Morgan fingerprint density at radius 2 is 2.50 bits per heavy atom. The van der Waals surface area contributed by atoms with Crippen LogP contribution in [0.2, 0.25) is 0 Å². The van der Waals surface area contributed by atoms with Gasteiger partial charge in [-0.05, 0) is 7.05 Å². The van der Waals surface area contributed by atoms with Crippen molar-refractivity contribution < 1.29 is 9.84 Å². The van der Waals surface area contributed by atoms with Crippen LogP contribution in [0, 0.1) is 6.29 Å². The molecule has 1 heterocycles. The number of hydrogen-bond acceptors (Lipinski definition) is 3. The van der Waals surface area contributed by atoms with Crippen LogP contribution < -0.4 is 0 Å². The van der Waals surface area contributed by atoms with Gasteiger partial charge in [0, 0.05) is 13.0 Å². The smallest absolute Gasteiger partial charge is 0.223 e. The van der Waals surface area contributed by atoms with Crippen LogP contribution in [-0.4, -0.2) is 30.3 Å². The summed E-state index contributed by atoms with van der Waals surface area (Å²) in [6, 6.07) is 0. The van der Waals surface area contributed by atoms with Crippen molar-refractivity contribution in [3.63, 3.8) is 0 Å². The van der Waals surface area contributed by atoms with Gasteiger partial charge in [0.1, 0.15) is 6.73 Å². The Balaban J connectivity index is 2.19. The van der Waals surface area contributed by atoms with Crippen molar-refractivity contribution in [2.45, 2.75) is 6.42 Å². The third-order valence-electron chi connectivity index (χ3n) is 1.16. The van der Waals surface area contributed by atoms with E-state index in [4.69, 9.17) is 9.84 Å². The summed E-state index contributed by atoms with van der Waals surface area (Å²) in [6.07, 6.45) is 0.819. The second kappa shape index (κ2) is 2.44. The van der Waals surface area contributed by atoms with E-state index < -0.39 is 0 Å². The van der Waals surface area contributed by atoms with Crippen LogP contribution in [0.25, 0.3) is 0 Å². The molecule has 1 saturated heterocycles. The fraction of sp³-hybridized carbons (Fsp3) is 0.800. The molecule has 0 aromatic carbocycles. The predicted molar refractivity (Wildman–Crippen MR) is 28.4 cm³/mol. The number of ether oxygens (including phenoxy) is 1. The average molecular weight is 116 g/mol. The lowest BCUT2D eigenvalue weighted by Crippen LogP contribution is -2.31. The van der Waals surface area contributed by atoms with Gasteiger partial charge in [-0.3, -0.25) is 4.90 Å². The average Bonchev–Trinajstić information content (AvgIpc) is 1.77. The largest absolute Gasteiger partial charge is 0.361 e. The van der Waals surface area contributed by atoms with Crippen molar-refractivity contribution in [2.75, 3.05) is 20.3 Å². The van der Waals surface area contributed by atoms with E-state index >= 15 is 0 Å². The summed E-state index contributed by atoms with van der Waals surface area (Å²) >= 11 is 0. The number of rotatable bonds is 0. The molecular formula is C5H10NO2. The number of aliphatic hydroxyl groups is 1. The fourth-order valence-electron chi connectivity index (χ4n) is 0.608. The molecule has 0 spiro atoms. The predicted octanol–water partition coefficient (Wildman–Crippen LogP) is 0.158. The third-order valence-corrected chi connectivity index (χ3v) is 1.16. The highest BCUT2D eigenvalue weighted by atomic mass is 16.6. The Morgan fingerprint density at radius 3 is 2.88 bits per heavy atom. The van der Waals surface area contributed by atoms with Crippen LogP contribution in [0.3, 0.4) is 0 Å². The summed E-state index contributed by atoms with van der Waals surface area (Å²) in [4.78, 5) is 2.00. The van der Waals surface area contributed by atoms with Crippen LogP contribution in [-0.2, 0) is 4.74 Å². The molecule has 1 fully saturated rings. The Bertz CT molecular complexity index is 58.8. The molecule has 0 aromatic heterocycles. The van der Waals surface area contributed by atoms with Crippen molar-refractivity contribution in [2.24, 2.45) is 0 Å². The highest BCUT2D eigenvalue weighted by Crippen LogP contribution is 2.09. The summed E-state index contributed by atoms with van der Waals surface area (Å²) in [6.45, 7) is 1.41. The lowest BCUT2D eigenvalue weighted by Gasteiger charge is -2.24. The quantitative estimate of drug-likeness (QED) is 0.489. The van der Waals surface area contributed by atoms with Gasteiger partial charge in [0.25, 0.3) is 0 Å². The number of nitrogens with zero attached hydrogens (tertiary/aromatic N) is 1. The van der Waals surface area contributed by atoms with E-state index in [0.29, 0.717) is 13.2 Å². The van der Waals surface area contributed by atoms with E-state index in [0.717, 1.165) is 6.54 Å². The molecule has 0 atom stereocenters. The Hall–Kier alpha value is -0.120. The van der Waals surface area contributed by atoms with E-state index in [9.17, 15) is 0 Å². The summed E-state index contributed by atoms with van der Waals surface area (Å²) in [7, 11) is 1.95. The normalized spacial score (nSPS) is 26.2.